The average molecular weight is 457 g/mol. The molecule has 3 heterocycles. The molecule has 6 heteroatoms. The predicted octanol–water partition coefficient (Wildman–Crippen LogP) is 4.39. The molecule has 1 saturated carbocycles. The van der Waals surface area contributed by atoms with Gasteiger partial charge >= 0.3 is 160 Å². The van der Waals surface area contributed by atoms with E-state index in [0.29, 0.717) is 11.8 Å². The molecule has 2 atom stereocenters. The van der Waals surface area contributed by atoms with E-state index in [2.05, 4.69) is 44.3 Å². The van der Waals surface area contributed by atoms with Crippen LogP contribution in [0.25, 0.3) is 11.3 Å². The van der Waals surface area contributed by atoms with E-state index in [9.17, 15) is 0 Å². The first-order chi connectivity index (χ1) is 12.6. The molecule has 1 aliphatic heterocycles. The first kappa shape index (κ1) is 16.1. The van der Waals surface area contributed by atoms with Crippen LogP contribution in [-0.4, -0.2) is 28.2 Å². The van der Waals surface area contributed by atoms with Crippen LogP contribution >= 0.6 is 19.8 Å². The minimum atomic E-state index is -1.28. The number of benzene rings is 1. The fraction of sp³-hybridized carbons (Fsp3) is 0.300. The molecular weight excluding hydrogens is 437 g/mol. The number of aromatic nitrogens is 4. The second kappa shape index (κ2) is 5.97. The van der Waals surface area contributed by atoms with Gasteiger partial charge in [-0.05, 0) is 0 Å². The van der Waals surface area contributed by atoms with Crippen LogP contribution in [0.5, 0.6) is 0 Å². The van der Waals surface area contributed by atoms with Gasteiger partial charge in [-0.3, -0.25) is 0 Å². The van der Waals surface area contributed by atoms with Crippen molar-refractivity contribution in [3.8, 4) is 0 Å². The van der Waals surface area contributed by atoms with Crippen molar-refractivity contribution < 1.29 is 0 Å². The molecule has 1 aliphatic carbocycles. The van der Waals surface area contributed by atoms with Crippen molar-refractivity contribution in [2.24, 2.45) is 10.9 Å². The molecule has 26 heavy (non-hydrogen) atoms. The van der Waals surface area contributed by atoms with Gasteiger partial charge in [-0.15, -0.1) is 0 Å². The minimum absolute atomic E-state index is 0.413. The number of alkyl halides is 1. The first-order valence-electron chi connectivity index (χ1n) is 8.75. The summed E-state index contributed by atoms with van der Waals surface area (Å²) in [5.41, 5.74) is 5.23. The standard InChI is InChI=1S/C20H20IN5/c1-12-11-22-13(2)20-24-19(25-26(12)20)16-9-15(16)18-21(3)10-17(23-18)14-7-5-4-6-8-14/h4-8,10-11,15-16H,9H2,1-3H3. The van der Waals surface area contributed by atoms with Crippen molar-refractivity contribution in [2.45, 2.75) is 26.2 Å². The van der Waals surface area contributed by atoms with E-state index in [4.69, 9.17) is 15.1 Å². The summed E-state index contributed by atoms with van der Waals surface area (Å²) in [6.45, 7) is 4.01. The summed E-state index contributed by atoms with van der Waals surface area (Å²) >= 11 is -1.28. The third kappa shape index (κ3) is 2.58. The van der Waals surface area contributed by atoms with Crippen LogP contribution in [0.3, 0.4) is 0 Å². The van der Waals surface area contributed by atoms with E-state index in [-0.39, 0.29) is 0 Å². The van der Waals surface area contributed by atoms with Crippen LogP contribution < -0.4 is 0 Å². The van der Waals surface area contributed by atoms with Gasteiger partial charge < -0.3 is 0 Å². The Morgan fingerprint density at radius 2 is 1.92 bits per heavy atom. The Balaban J connectivity index is 1.43. The molecule has 132 valence electrons. The maximum atomic E-state index is 5.04. The van der Waals surface area contributed by atoms with Gasteiger partial charge in [0.15, 0.2) is 0 Å². The molecule has 0 spiro atoms. The van der Waals surface area contributed by atoms with Crippen molar-refractivity contribution in [3.63, 3.8) is 0 Å². The summed E-state index contributed by atoms with van der Waals surface area (Å²) in [6, 6.07) is 10.5. The zero-order valence-corrected chi connectivity index (χ0v) is 17.2. The third-order valence-electron chi connectivity index (χ3n) is 5.02. The number of fused-ring (bicyclic) bond motifs is 1. The Bertz CT molecular complexity index is 1030. The maximum absolute atomic E-state index is 5.04. The van der Waals surface area contributed by atoms with Crippen LogP contribution in [0.15, 0.2) is 45.6 Å². The molecule has 2 aromatic heterocycles. The second-order valence-corrected chi connectivity index (χ2v) is 11.6. The summed E-state index contributed by atoms with van der Waals surface area (Å²) in [5.74, 6) is 1.89. The summed E-state index contributed by atoms with van der Waals surface area (Å²) in [4.78, 5) is 16.6. The molecule has 1 aromatic carbocycles. The van der Waals surface area contributed by atoms with E-state index in [1.54, 1.807) is 0 Å². The van der Waals surface area contributed by atoms with Crippen LogP contribution in [0.2, 0.25) is 0 Å². The molecule has 3 aromatic rings. The van der Waals surface area contributed by atoms with Crippen molar-refractivity contribution >= 4 is 34.9 Å². The fourth-order valence-corrected chi connectivity index (χ4v) is 7.76. The van der Waals surface area contributed by atoms with Gasteiger partial charge in [0.2, 0.25) is 0 Å². The van der Waals surface area contributed by atoms with Gasteiger partial charge in [0.25, 0.3) is 0 Å². The molecule has 0 bridgehead atoms. The van der Waals surface area contributed by atoms with Crippen molar-refractivity contribution in [1.29, 1.82) is 0 Å². The van der Waals surface area contributed by atoms with E-state index in [1.807, 2.05) is 24.6 Å². The molecule has 5 rings (SSSR count). The van der Waals surface area contributed by atoms with E-state index in [0.717, 1.165) is 35.0 Å². The van der Waals surface area contributed by atoms with Gasteiger partial charge in [0, 0.05) is 0 Å². The van der Waals surface area contributed by atoms with Gasteiger partial charge in [0.1, 0.15) is 0 Å². The van der Waals surface area contributed by atoms with Crippen LogP contribution in [0, 0.1) is 19.8 Å². The Morgan fingerprint density at radius 1 is 1.12 bits per heavy atom. The molecule has 2 aliphatic rings. The van der Waals surface area contributed by atoms with Crippen LogP contribution in [0.1, 0.15) is 35.1 Å². The Morgan fingerprint density at radius 3 is 2.69 bits per heavy atom. The number of hydrogen-bond donors (Lipinski definition) is 0. The molecule has 5 nitrogen and oxygen atoms in total. The summed E-state index contributed by atoms with van der Waals surface area (Å²) in [6.07, 6.45) is 2.98. The molecular formula is C20H20IN5. The monoisotopic (exact) mass is 457 g/mol. The normalized spacial score (nSPS) is 23.3. The van der Waals surface area contributed by atoms with E-state index in [1.165, 1.54) is 9.28 Å². The number of aliphatic imine (C=N–C) groups is 1. The molecule has 1 fully saturated rings. The van der Waals surface area contributed by atoms with Crippen molar-refractivity contribution in [1.82, 2.24) is 19.6 Å². The molecule has 0 saturated heterocycles. The third-order valence-corrected chi connectivity index (χ3v) is 9.33. The van der Waals surface area contributed by atoms with Crippen molar-refractivity contribution in [2.75, 3.05) is 4.93 Å². The van der Waals surface area contributed by atoms with E-state index < -0.39 is 19.8 Å². The molecule has 2 unspecified atom stereocenters. The van der Waals surface area contributed by atoms with E-state index >= 15 is 0 Å². The average Bonchev–Trinajstić information content (AvgIpc) is 3.13. The second-order valence-electron chi connectivity index (χ2n) is 6.95. The zero-order chi connectivity index (χ0) is 17.8. The number of hydrogen-bond acceptors (Lipinski definition) is 4. The summed E-state index contributed by atoms with van der Waals surface area (Å²) < 4.78 is 5.79. The Kier molecular flexibility index (Phi) is 3.70. The number of nitrogens with zero attached hydrogens (tertiary/aromatic N) is 5. The Hall–Kier alpha value is -2.09. The number of halogens is 1. The van der Waals surface area contributed by atoms with Gasteiger partial charge in [0.05, 0.1) is 0 Å². The van der Waals surface area contributed by atoms with Gasteiger partial charge in [-0.25, -0.2) is 0 Å². The first-order valence-corrected chi connectivity index (χ1v) is 13.2. The SMILES string of the molecule is Cc1ncc(C)n2nc(C3CC3C3=NC(c4ccccc4)=CI3C)nc12. The zero-order valence-electron chi connectivity index (χ0n) is 15.0. The van der Waals surface area contributed by atoms with Gasteiger partial charge in [-0.2, -0.15) is 0 Å². The topological polar surface area (TPSA) is 55.4 Å². The van der Waals surface area contributed by atoms with Crippen molar-refractivity contribution in [3.05, 3.63) is 63.4 Å². The fourth-order valence-electron chi connectivity index (χ4n) is 3.47. The summed E-state index contributed by atoms with van der Waals surface area (Å²) in [5, 5.41) is 4.77. The number of aryl methyl sites for hydroxylation is 2. The quantitative estimate of drug-likeness (QED) is 0.433. The summed E-state index contributed by atoms with van der Waals surface area (Å²) in [7, 11) is 0. The number of rotatable bonds is 3. The molecule has 0 amide bonds. The predicted molar refractivity (Wildman–Crippen MR) is 113 cm³/mol. The van der Waals surface area contributed by atoms with Gasteiger partial charge in [-0.1, -0.05) is 0 Å². The van der Waals surface area contributed by atoms with Crippen LogP contribution in [-0.2, 0) is 0 Å². The molecule has 0 radical (unpaired) electrons. The molecule has 0 N–H and O–H groups in total. The van der Waals surface area contributed by atoms with Crippen LogP contribution in [0.4, 0.5) is 0 Å². The Labute approximate surface area is 159 Å².